The molecule has 0 aliphatic rings. The molecule has 3 amide bonds. The summed E-state index contributed by atoms with van der Waals surface area (Å²) in [5, 5.41) is 15.4. The normalized spacial score (nSPS) is 12.6. The van der Waals surface area contributed by atoms with E-state index in [0.717, 1.165) is 30.4 Å². The monoisotopic (exact) mass is 537 g/mol. The number of unbranched alkanes of at least 4 members (excludes halogenated alkanes) is 2. The van der Waals surface area contributed by atoms with Gasteiger partial charge < -0.3 is 25.4 Å². The Labute approximate surface area is 232 Å². The van der Waals surface area contributed by atoms with E-state index in [1.807, 2.05) is 31.2 Å². The molecule has 3 N–H and O–H groups in total. The standard InChI is InChI=1S/C31H43N3O5/c1-7-9-12-19-32-28(36)27(25-14-11-10-13-22(25)3)34(20-8-2)29(37)26(33-30(38)39-31(4,5)6)21-23-15-17-24(35)18-16-23/h8,10-11,13-18,26-27,35H,2,7,9,12,19-21H2,1,3-6H3,(H,32,36)(H,33,38). The predicted molar refractivity (Wildman–Crippen MR) is 153 cm³/mol. The van der Waals surface area contributed by atoms with Gasteiger partial charge in [-0.05, 0) is 62.9 Å². The minimum absolute atomic E-state index is 0.0856. The van der Waals surface area contributed by atoms with Crippen LogP contribution in [0.3, 0.4) is 0 Å². The minimum Gasteiger partial charge on any atom is -0.508 e. The molecule has 39 heavy (non-hydrogen) atoms. The molecule has 0 saturated heterocycles. The summed E-state index contributed by atoms with van der Waals surface area (Å²) in [6.07, 6.45) is 3.80. The van der Waals surface area contributed by atoms with Gasteiger partial charge in [-0.3, -0.25) is 9.59 Å². The zero-order valence-electron chi connectivity index (χ0n) is 23.8. The molecule has 2 atom stereocenters. The Morgan fingerprint density at radius 3 is 2.33 bits per heavy atom. The molecule has 0 radical (unpaired) electrons. The van der Waals surface area contributed by atoms with E-state index in [-0.39, 0.29) is 24.6 Å². The summed E-state index contributed by atoms with van der Waals surface area (Å²) in [5.41, 5.74) is 1.51. The fourth-order valence-electron chi connectivity index (χ4n) is 4.21. The van der Waals surface area contributed by atoms with E-state index in [4.69, 9.17) is 4.74 Å². The maximum Gasteiger partial charge on any atom is 0.408 e. The van der Waals surface area contributed by atoms with Crippen LogP contribution in [0.4, 0.5) is 4.79 Å². The number of nitrogens with zero attached hydrogens (tertiary/aromatic N) is 1. The number of hydrogen-bond donors (Lipinski definition) is 3. The highest BCUT2D eigenvalue weighted by molar-refractivity contribution is 5.92. The number of phenolic OH excluding ortho intramolecular Hbond substituents is 1. The molecule has 8 heteroatoms. The molecular formula is C31H43N3O5. The Morgan fingerprint density at radius 2 is 1.74 bits per heavy atom. The summed E-state index contributed by atoms with van der Waals surface area (Å²) in [6.45, 7) is 13.6. The number of benzene rings is 2. The van der Waals surface area contributed by atoms with Crippen molar-refractivity contribution in [1.29, 1.82) is 0 Å². The number of aryl methyl sites for hydroxylation is 1. The van der Waals surface area contributed by atoms with Crippen LogP contribution in [-0.2, 0) is 20.7 Å². The number of nitrogens with one attached hydrogen (secondary N) is 2. The fourth-order valence-corrected chi connectivity index (χ4v) is 4.21. The lowest BCUT2D eigenvalue weighted by Gasteiger charge is -2.34. The first-order valence-corrected chi connectivity index (χ1v) is 13.5. The highest BCUT2D eigenvalue weighted by Crippen LogP contribution is 2.26. The third-order valence-electron chi connectivity index (χ3n) is 6.10. The highest BCUT2D eigenvalue weighted by atomic mass is 16.6. The number of carbonyl (C=O) groups is 3. The fraction of sp³-hybridized carbons (Fsp3) is 0.452. The van der Waals surface area contributed by atoms with E-state index in [2.05, 4.69) is 24.1 Å². The molecule has 8 nitrogen and oxygen atoms in total. The van der Waals surface area contributed by atoms with E-state index in [1.165, 1.54) is 17.0 Å². The number of alkyl carbamates (subject to hydrolysis) is 1. The molecule has 0 aliphatic carbocycles. The van der Waals surface area contributed by atoms with Crippen molar-refractivity contribution in [2.24, 2.45) is 0 Å². The quantitative estimate of drug-likeness (QED) is 0.241. The number of ether oxygens (including phenoxy) is 1. The molecular weight excluding hydrogens is 494 g/mol. The van der Waals surface area contributed by atoms with Gasteiger partial charge in [0.25, 0.3) is 0 Å². The van der Waals surface area contributed by atoms with Gasteiger partial charge >= 0.3 is 6.09 Å². The summed E-state index contributed by atoms with van der Waals surface area (Å²) >= 11 is 0. The predicted octanol–water partition coefficient (Wildman–Crippen LogP) is 5.20. The summed E-state index contributed by atoms with van der Waals surface area (Å²) in [6, 6.07) is 11.9. The van der Waals surface area contributed by atoms with Crippen molar-refractivity contribution in [3.63, 3.8) is 0 Å². The number of phenols is 1. The van der Waals surface area contributed by atoms with Gasteiger partial charge in [0.15, 0.2) is 0 Å². The van der Waals surface area contributed by atoms with Gasteiger partial charge in [0.05, 0.1) is 0 Å². The van der Waals surface area contributed by atoms with Crippen LogP contribution in [0.1, 0.15) is 69.7 Å². The number of amides is 3. The lowest BCUT2D eigenvalue weighted by molar-refractivity contribution is -0.141. The summed E-state index contributed by atoms with van der Waals surface area (Å²) in [4.78, 5) is 42.1. The first kappa shape index (κ1) is 31.4. The largest absolute Gasteiger partial charge is 0.508 e. The van der Waals surface area contributed by atoms with Gasteiger partial charge in [-0.2, -0.15) is 0 Å². The van der Waals surface area contributed by atoms with Crippen LogP contribution in [0.5, 0.6) is 5.75 Å². The van der Waals surface area contributed by atoms with Crippen LogP contribution in [0.15, 0.2) is 61.2 Å². The molecule has 2 aromatic carbocycles. The van der Waals surface area contributed by atoms with E-state index in [9.17, 15) is 19.5 Å². The van der Waals surface area contributed by atoms with Gasteiger partial charge in [0.2, 0.25) is 11.8 Å². The van der Waals surface area contributed by atoms with Crippen LogP contribution in [0, 0.1) is 6.92 Å². The molecule has 0 fully saturated rings. The Morgan fingerprint density at radius 1 is 1.08 bits per heavy atom. The van der Waals surface area contributed by atoms with Crippen molar-refractivity contribution >= 4 is 17.9 Å². The third kappa shape index (κ3) is 10.1. The van der Waals surface area contributed by atoms with Gasteiger partial charge in [-0.25, -0.2) is 4.79 Å². The van der Waals surface area contributed by atoms with Crippen molar-refractivity contribution in [2.75, 3.05) is 13.1 Å². The number of hydrogen-bond acceptors (Lipinski definition) is 5. The van der Waals surface area contributed by atoms with Crippen LogP contribution in [0.2, 0.25) is 0 Å². The van der Waals surface area contributed by atoms with Crippen molar-refractivity contribution in [3.8, 4) is 5.75 Å². The lowest BCUT2D eigenvalue weighted by atomic mass is 9.97. The summed E-state index contributed by atoms with van der Waals surface area (Å²) in [7, 11) is 0. The number of rotatable bonds is 13. The Hall–Kier alpha value is -3.81. The summed E-state index contributed by atoms with van der Waals surface area (Å²) < 4.78 is 5.44. The summed E-state index contributed by atoms with van der Waals surface area (Å²) in [5.74, 6) is -0.656. The zero-order valence-corrected chi connectivity index (χ0v) is 23.8. The second kappa shape index (κ2) is 15.0. The smallest absolute Gasteiger partial charge is 0.408 e. The van der Waals surface area contributed by atoms with Crippen LogP contribution in [-0.4, -0.2) is 52.6 Å². The number of aromatic hydroxyl groups is 1. The molecule has 2 aromatic rings. The first-order chi connectivity index (χ1) is 18.5. The molecule has 0 spiro atoms. The van der Waals surface area contributed by atoms with Crippen LogP contribution < -0.4 is 10.6 Å². The average molecular weight is 538 g/mol. The minimum atomic E-state index is -1.04. The van der Waals surface area contributed by atoms with Gasteiger partial charge in [0, 0.05) is 19.5 Å². The second-order valence-corrected chi connectivity index (χ2v) is 10.6. The highest BCUT2D eigenvalue weighted by Gasteiger charge is 2.36. The maximum absolute atomic E-state index is 14.2. The SMILES string of the molecule is C=CCN(C(=O)C(Cc1ccc(O)cc1)NC(=O)OC(C)(C)C)C(C(=O)NCCCCC)c1ccccc1C. The van der Waals surface area contributed by atoms with Crippen molar-refractivity contribution in [1.82, 2.24) is 15.5 Å². The zero-order chi connectivity index (χ0) is 29.0. The van der Waals surface area contributed by atoms with E-state index >= 15 is 0 Å². The molecule has 0 heterocycles. The van der Waals surface area contributed by atoms with E-state index in [1.54, 1.807) is 39.0 Å². The van der Waals surface area contributed by atoms with Gasteiger partial charge in [-0.15, -0.1) is 6.58 Å². The second-order valence-electron chi connectivity index (χ2n) is 10.6. The van der Waals surface area contributed by atoms with Crippen molar-refractivity contribution < 1.29 is 24.2 Å². The molecule has 2 unspecified atom stereocenters. The Kier molecular flexibility index (Phi) is 12.0. The average Bonchev–Trinajstić information content (AvgIpc) is 2.86. The molecule has 0 aromatic heterocycles. The van der Waals surface area contributed by atoms with Gasteiger partial charge in [-0.1, -0.05) is 62.2 Å². The lowest BCUT2D eigenvalue weighted by Crippen LogP contribution is -2.54. The van der Waals surface area contributed by atoms with Crippen molar-refractivity contribution in [2.45, 2.75) is 78.0 Å². The number of carbonyl (C=O) groups excluding carboxylic acids is 3. The molecule has 0 bridgehead atoms. The van der Waals surface area contributed by atoms with E-state index in [0.29, 0.717) is 12.1 Å². The van der Waals surface area contributed by atoms with Crippen LogP contribution in [0.25, 0.3) is 0 Å². The Balaban J connectivity index is 2.49. The van der Waals surface area contributed by atoms with Crippen molar-refractivity contribution in [3.05, 3.63) is 77.9 Å². The maximum atomic E-state index is 14.2. The topological polar surface area (TPSA) is 108 Å². The first-order valence-electron chi connectivity index (χ1n) is 13.5. The Bertz CT molecular complexity index is 1110. The molecule has 0 saturated carbocycles. The van der Waals surface area contributed by atoms with E-state index < -0.39 is 29.7 Å². The van der Waals surface area contributed by atoms with Gasteiger partial charge in [0.1, 0.15) is 23.4 Å². The van der Waals surface area contributed by atoms with Crippen LogP contribution >= 0.6 is 0 Å². The third-order valence-corrected chi connectivity index (χ3v) is 6.10. The molecule has 2 rings (SSSR count). The molecule has 0 aliphatic heterocycles. The molecule has 212 valence electrons.